The highest BCUT2D eigenvalue weighted by Crippen LogP contribution is 2.46. The third-order valence-electron chi connectivity index (χ3n) is 7.03. The van der Waals surface area contributed by atoms with Crippen molar-refractivity contribution in [2.45, 2.75) is 50.1 Å². The molecule has 2 amide bonds. The van der Waals surface area contributed by atoms with E-state index in [9.17, 15) is 22.4 Å². The third-order valence-corrected chi connectivity index (χ3v) is 7.03. The van der Waals surface area contributed by atoms with E-state index in [-0.39, 0.29) is 11.8 Å². The molecule has 1 aromatic heterocycles. The molecule has 1 aliphatic carbocycles. The Bertz CT molecular complexity index is 1050. The number of hydrogen-bond donors (Lipinski definition) is 1. The van der Waals surface area contributed by atoms with Crippen LogP contribution in [0.25, 0.3) is 0 Å². The number of urea groups is 1. The van der Waals surface area contributed by atoms with Crippen molar-refractivity contribution in [2.75, 3.05) is 32.1 Å². The Labute approximate surface area is 195 Å². The van der Waals surface area contributed by atoms with Crippen molar-refractivity contribution in [3.05, 3.63) is 53.2 Å². The Morgan fingerprint density at radius 3 is 2.32 bits per heavy atom. The summed E-state index contributed by atoms with van der Waals surface area (Å²) in [5.41, 5.74) is 0.168. The number of nitrogens with one attached hydrogen (secondary N) is 1. The summed E-state index contributed by atoms with van der Waals surface area (Å²) < 4.78 is 57.8. The molecule has 2 heterocycles. The van der Waals surface area contributed by atoms with E-state index in [1.54, 1.807) is 17.9 Å². The van der Waals surface area contributed by atoms with Gasteiger partial charge >= 0.3 is 6.03 Å². The topological polar surface area (TPSA) is 57.7 Å². The lowest BCUT2D eigenvalue weighted by Crippen LogP contribution is -2.54. The van der Waals surface area contributed by atoms with Gasteiger partial charge < -0.3 is 10.1 Å². The molecule has 34 heavy (non-hydrogen) atoms. The lowest BCUT2D eigenvalue weighted by atomic mass is 9.69. The standard InChI is InChI=1S/C24H28F4N4O2/c1-15-8-19(34-13-20(27)28)12-29-21(15)32-14-23(30-22(32)33)4-6-24(7-5-23,31(2)3)16-9-17(25)11-18(26)10-16/h8-12,20H,4-7,13-14H2,1-3H3,(H,30,33). The smallest absolute Gasteiger partial charge is 0.323 e. The average molecular weight is 481 g/mol. The van der Waals surface area contributed by atoms with Crippen LogP contribution in [0.2, 0.25) is 0 Å². The Morgan fingerprint density at radius 1 is 1.12 bits per heavy atom. The molecule has 1 spiro atoms. The quantitative estimate of drug-likeness (QED) is 0.614. The summed E-state index contributed by atoms with van der Waals surface area (Å²) in [7, 11) is 3.79. The van der Waals surface area contributed by atoms with Gasteiger partial charge in [-0.3, -0.25) is 9.80 Å². The summed E-state index contributed by atoms with van der Waals surface area (Å²) in [5, 5.41) is 3.10. The summed E-state index contributed by atoms with van der Waals surface area (Å²) in [6, 6.07) is 4.92. The van der Waals surface area contributed by atoms with E-state index in [0.29, 0.717) is 49.2 Å². The second-order valence-corrected chi connectivity index (χ2v) is 9.39. The van der Waals surface area contributed by atoms with Gasteiger partial charge in [-0.1, -0.05) is 0 Å². The van der Waals surface area contributed by atoms with Gasteiger partial charge in [0, 0.05) is 11.6 Å². The molecule has 6 nitrogen and oxygen atoms in total. The zero-order valence-electron chi connectivity index (χ0n) is 19.4. The number of carbonyl (C=O) groups excluding carboxylic acids is 1. The largest absolute Gasteiger partial charge is 0.486 e. The van der Waals surface area contributed by atoms with Gasteiger partial charge in [-0.25, -0.2) is 27.3 Å². The number of hydrogen-bond acceptors (Lipinski definition) is 4. The van der Waals surface area contributed by atoms with Crippen molar-refractivity contribution in [1.82, 2.24) is 15.2 Å². The van der Waals surface area contributed by atoms with Gasteiger partial charge in [0.25, 0.3) is 6.43 Å². The Kier molecular flexibility index (Phi) is 6.46. The van der Waals surface area contributed by atoms with Crippen LogP contribution in [-0.4, -0.2) is 55.1 Å². The Balaban J connectivity index is 1.52. The second-order valence-electron chi connectivity index (χ2n) is 9.39. The van der Waals surface area contributed by atoms with Crippen molar-refractivity contribution in [2.24, 2.45) is 0 Å². The molecule has 1 aromatic carbocycles. The number of aryl methyl sites for hydroxylation is 1. The molecular formula is C24H28F4N4O2. The molecule has 0 bridgehead atoms. The molecule has 2 aliphatic rings. The number of ether oxygens (including phenoxy) is 1. The molecule has 2 fully saturated rings. The molecule has 4 rings (SSSR count). The van der Waals surface area contributed by atoms with Crippen molar-refractivity contribution >= 4 is 11.8 Å². The van der Waals surface area contributed by atoms with E-state index < -0.39 is 35.7 Å². The summed E-state index contributed by atoms with van der Waals surface area (Å²) in [4.78, 5) is 20.7. The number of nitrogens with zero attached hydrogens (tertiary/aromatic N) is 3. The van der Waals surface area contributed by atoms with Crippen LogP contribution in [0.15, 0.2) is 30.5 Å². The highest BCUT2D eigenvalue weighted by molar-refractivity contribution is 5.95. The molecule has 2 aromatic rings. The molecule has 10 heteroatoms. The predicted octanol–water partition coefficient (Wildman–Crippen LogP) is 4.61. The predicted molar refractivity (Wildman–Crippen MR) is 119 cm³/mol. The van der Waals surface area contributed by atoms with Crippen molar-refractivity contribution in [3.63, 3.8) is 0 Å². The van der Waals surface area contributed by atoms with Crippen LogP contribution in [0.4, 0.5) is 28.2 Å². The molecular weight excluding hydrogens is 452 g/mol. The fraction of sp³-hybridized carbons (Fsp3) is 0.500. The molecule has 0 unspecified atom stereocenters. The van der Waals surface area contributed by atoms with Crippen LogP contribution in [0, 0.1) is 18.6 Å². The number of alkyl halides is 2. The van der Waals surface area contributed by atoms with E-state index in [2.05, 4.69) is 10.3 Å². The summed E-state index contributed by atoms with van der Waals surface area (Å²) >= 11 is 0. The minimum absolute atomic E-state index is 0.214. The van der Waals surface area contributed by atoms with Gasteiger partial charge in [0.15, 0.2) is 0 Å². The molecule has 1 saturated carbocycles. The SMILES string of the molecule is Cc1cc(OCC(F)F)cnc1N1CC2(CCC(c3cc(F)cc(F)c3)(N(C)C)CC2)NC1=O. The lowest BCUT2D eigenvalue weighted by molar-refractivity contribution is 0.0652. The number of benzene rings is 1. The van der Waals surface area contributed by atoms with Gasteiger partial charge in [0.05, 0.1) is 18.3 Å². The minimum atomic E-state index is -2.59. The van der Waals surface area contributed by atoms with E-state index in [1.807, 2.05) is 19.0 Å². The molecule has 1 saturated heterocycles. The molecule has 1 N–H and O–H groups in total. The monoisotopic (exact) mass is 480 g/mol. The number of carbonyl (C=O) groups is 1. The van der Waals surface area contributed by atoms with Crippen LogP contribution in [0.5, 0.6) is 5.75 Å². The number of aromatic nitrogens is 1. The zero-order chi connectivity index (χ0) is 24.7. The number of pyridine rings is 1. The van der Waals surface area contributed by atoms with Crippen molar-refractivity contribution in [1.29, 1.82) is 0 Å². The maximum Gasteiger partial charge on any atom is 0.323 e. The lowest BCUT2D eigenvalue weighted by Gasteiger charge is -2.48. The van der Waals surface area contributed by atoms with Crippen LogP contribution in [0.3, 0.4) is 0 Å². The molecule has 184 valence electrons. The minimum Gasteiger partial charge on any atom is -0.486 e. The van der Waals surface area contributed by atoms with E-state index in [4.69, 9.17) is 4.74 Å². The van der Waals surface area contributed by atoms with Gasteiger partial charge in [-0.15, -0.1) is 0 Å². The van der Waals surface area contributed by atoms with Crippen molar-refractivity contribution < 1.29 is 27.1 Å². The first kappa shape index (κ1) is 24.3. The summed E-state index contributed by atoms with van der Waals surface area (Å²) in [6.07, 6.45) is 1.17. The fourth-order valence-corrected chi connectivity index (χ4v) is 5.18. The van der Waals surface area contributed by atoms with Gasteiger partial charge in [-0.05, 0) is 76.0 Å². The normalized spacial score (nSPS) is 24.9. The number of halogens is 4. The molecule has 1 aliphatic heterocycles. The van der Waals surface area contributed by atoms with Gasteiger partial charge in [0.2, 0.25) is 0 Å². The number of rotatable bonds is 6. The fourth-order valence-electron chi connectivity index (χ4n) is 5.18. The Morgan fingerprint density at radius 2 is 1.76 bits per heavy atom. The molecule has 0 radical (unpaired) electrons. The van der Waals surface area contributed by atoms with Crippen LogP contribution < -0.4 is 15.0 Å². The van der Waals surface area contributed by atoms with E-state index >= 15 is 0 Å². The molecule has 0 atom stereocenters. The third kappa shape index (κ3) is 4.55. The number of anilines is 1. The zero-order valence-corrected chi connectivity index (χ0v) is 19.4. The summed E-state index contributed by atoms with van der Waals surface area (Å²) in [6.45, 7) is 1.40. The summed E-state index contributed by atoms with van der Waals surface area (Å²) in [5.74, 6) is -0.569. The van der Waals surface area contributed by atoms with Crippen LogP contribution in [-0.2, 0) is 5.54 Å². The average Bonchev–Trinajstić information content (AvgIpc) is 3.07. The van der Waals surface area contributed by atoms with Gasteiger partial charge in [0.1, 0.15) is 29.8 Å². The number of amides is 2. The Hall–Kier alpha value is -2.88. The van der Waals surface area contributed by atoms with Gasteiger partial charge in [-0.2, -0.15) is 0 Å². The van der Waals surface area contributed by atoms with E-state index in [0.717, 1.165) is 6.07 Å². The highest BCUT2D eigenvalue weighted by Gasteiger charge is 2.50. The van der Waals surface area contributed by atoms with E-state index in [1.165, 1.54) is 18.3 Å². The maximum absolute atomic E-state index is 14.0. The second kappa shape index (κ2) is 9.05. The maximum atomic E-state index is 14.0. The van der Waals surface area contributed by atoms with Crippen molar-refractivity contribution in [3.8, 4) is 5.75 Å². The first-order valence-electron chi connectivity index (χ1n) is 11.1. The highest BCUT2D eigenvalue weighted by atomic mass is 19.3. The van der Waals surface area contributed by atoms with Crippen LogP contribution in [0.1, 0.15) is 36.8 Å². The first-order chi connectivity index (χ1) is 16.0. The first-order valence-corrected chi connectivity index (χ1v) is 11.1. The van der Waals surface area contributed by atoms with Crippen LogP contribution >= 0.6 is 0 Å².